The van der Waals surface area contributed by atoms with Gasteiger partial charge in [0.2, 0.25) is 0 Å². The fourth-order valence-corrected chi connectivity index (χ4v) is 2.48. The zero-order valence-electron chi connectivity index (χ0n) is 4.38. The minimum absolute atomic E-state index is 0.134. The van der Waals surface area contributed by atoms with Crippen LogP contribution in [0.2, 0.25) is 4.34 Å². The Kier molecular flexibility index (Phi) is 2.42. The van der Waals surface area contributed by atoms with Gasteiger partial charge < -0.3 is 10.1 Å². The molecule has 0 saturated heterocycles. The van der Waals surface area contributed by atoms with Gasteiger partial charge in [0.1, 0.15) is 0 Å². The number of rotatable bonds is 1. The Morgan fingerprint density at radius 1 is 1.80 bits per heavy atom. The quantitative estimate of drug-likeness (QED) is 0.453. The molecule has 7 heteroatoms. The Labute approximate surface area is 78.5 Å². The van der Waals surface area contributed by atoms with E-state index in [-0.39, 0.29) is 10.2 Å². The molecule has 0 amide bonds. The SMILES string of the molecule is O=[N+]([O-])c1nc(I)sc1Cl. The van der Waals surface area contributed by atoms with Crippen molar-refractivity contribution in [2.75, 3.05) is 0 Å². The van der Waals surface area contributed by atoms with Crippen molar-refractivity contribution in [2.24, 2.45) is 0 Å². The molecule has 0 aromatic carbocycles. The molecule has 54 valence electrons. The average molecular weight is 290 g/mol. The highest BCUT2D eigenvalue weighted by Gasteiger charge is 2.18. The Bertz CT molecular complexity index is 275. The van der Waals surface area contributed by atoms with E-state index < -0.39 is 4.92 Å². The highest BCUT2D eigenvalue weighted by atomic mass is 127. The zero-order chi connectivity index (χ0) is 7.72. The van der Waals surface area contributed by atoms with Crippen molar-refractivity contribution >= 4 is 51.3 Å². The summed E-state index contributed by atoms with van der Waals surface area (Å²) in [6.07, 6.45) is 0. The van der Waals surface area contributed by atoms with E-state index in [9.17, 15) is 10.1 Å². The maximum Gasteiger partial charge on any atom is 0.394 e. The summed E-state index contributed by atoms with van der Waals surface area (Å²) >= 11 is 8.42. The van der Waals surface area contributed by atoms with Crippen LogP contribution in [0.5, 0.6) is 0 Å². The Morgan fingerprint density at radius 2 is 2.40 bits per heavy atom. The van der Waals surface area contributed by atoms with Gasteiger partial charge >= 0.3 is 5.82 Å². The van der Waals surface area contributed by atoms with Crippen LogP contribution in [-0.4, -0.2) is 9.91 Å². The van der Waals surface area contributed by atoms with Crippen LogP contribution in [0.4, 0.5) is 5.82 Å². The van der Waals surface area contributed by atoms with E-state index in [4.69, 9.17) is 11.6 Å². The van der Waals surface area contributed by atoms with Gasteiger partial charge in [-0.15, -0.1) is 0 Å². The highest BCUT2D eigenvalue weighted by Crippen LogP contribution is 2.30. The fraction of sp³-hybridized carbons (Fsp3) is 0. The third kappa shape index (κ3) is 1.55. The molecule has 10 heavy (non-hydrogen) atoms. The molecule has 4 nitrogen and oxygen atoms in total. The predicted octanol–water partition coefficient (Wildman–Crippen LogP) is 2.31. The monoisotopic (exact) mass is 290 g/mol. The van der Waals surface area contributed by atoms with Gasteiger partial charge in [-0.3, -0.25) is 0 Å². The number of hydrogen-bond acceptors (Lipinski definition) is 4. The third-order valence-electron chi connectivity index (χ3n) is 0.716. The summed E-state index contributed by atoms with van der Waals surface area (Å²) in [4.78, 5) is 13.1. The first-order valence-corrected chi connectivity index (χ1v) is 4.35. The van der Waals surface area contributed by atoms with Crippen molar-refractivity contribution in [2.45, 2.75) is 0 Å². The largest absolute Gasteiger partial charge is 0.394 e. The Morgan fingerprint density at radius 3 is 2.60 bits per heavy atom. The number of nitrogens with zero attached hydrogens (tertiary/aromatic N) is 2. The smallest absolute Gasteiger partial charge is 0.358 e. The van der Waals surface area contributed by atoms with Crippen molar-refractivity contribution in [3.05, 3.63) is 17.5 Å². The van der Waals surface area contributed by atoms with Gasteiger partial charge in [0, 0.05) is 22.6 Å². The minimum Gasteiger partial charge on any atom is -0.358 e. The van der Waals surface area contributed by atoms with E-state index in [1.807, 2.05) is 22.6 Å². The van der Waals surface area contributed by atoms with Crippen LogP contribution in [0.25, 0.3) is 0 Å². The maximum atomic E-state index is 10.1. The molecule has 0 aliphatic heterocycles. The van der Waals surface area contributed by atoms with Gasteiger partial charge in [-0.05, 0) is 9.91 Å². The molecule has 0 aliphatic carbocycles. The second-order valence-electron chi connectivity index (χ2n) is 1.32. The average Bonchev–Trinajstić information content (AvgIpc) is 2.10. The minimum atomic E-state index is -0.596. The van der Waals surface area contributed by atoms with Crippen molar-refractivity contribution < 1.29 is 4.92 Å². The summed E-state index contributed by atoms with van der Waals surface area (Å²) < 4.78 is 0.712. The maximum absolute atomic E-state index is 10.1. The van der Waals surface area contributed by atoms with Crippen molar-refractivity contribution in [3.8, 4) is 0 Å². The second kappa shape index (κ2) is 2.97. The van der Waals surface area contributed by atoms with E-state index in [1.54, 1.807) is 0 Å². The first-order valence-electron chi connectivity index (χ1n) is 2.07. The van der Waals surface area contributed by atoms with E-state index >= 15 is 0 Å². The summed E-state index contributed by atoms with van der Waals surface area (Å²) in [5, 5.41) is 10.1. The van der Waals surface area contributed by atoms with Crippen LogP contribution in [0.1, 0.15) is 0 Å². The second-order valence-corrected chi connectivity index (χ2v) is 4.68. The first kappa shape index (κ1) is 8.15. The molecule has 0 N–H and O–H groups in total. The number of aromatic nitrogens is 1. The number of hydrogen-bond donors (Lipinski definition) is 0. The molecule has 0 radical (unpaired) electrons. The van der Waals surface area contributed by atoms with Crippen LogP contribution >= 0.6 is 45.5 Å². The van der Waals surface area contributed by atoms with Gasteiger partial charge in [0.05, 0.1) is 0 Å². The van der Waals surface area contributed by atoms with Crippen LogP contribution < -0.4 is 0 Å². The lowest BCUT2D eigenvalue weighted by atomic mass is 10.8. The summed E-state index contributed by atoms with van der Waals surface area (Å²) in [5.74, 6) is -0.254. The lowest BCUT2D eigenvalue weighted by Crippen LogP contribution is -1.87. The number of thiazole rings is 1. The van der Waals surface area contributed by atoms with Crippen LogP contribution in [0.15, 0.2) is 0 Å². The van der Waals surface area contributed by atoms with Crippen LogP contribution in [-0.2, 0) is 0 Å². The number of nitro groups is 1. The molecule has 1 heterocycles. The van der Waals surface area contributed by atoms with Gasteiger partial charge in [0.15, 0.2) is 4.34 Å². The van der Waals surface area contributed by atoms with Crippen LogP contribution in [0, 0.1) is 13.1 Å². The lowest BCUT2D eigenvalue weighted by molar-refractivity contribution is -0.389. The van der Waals surface area contributed by atoms with Gasteiger partial charge in [-0.1, -0.05) is 22.9 Å². The Balaban J connectivity index is 3.15. The first-order chi connectivity index (χ1) is 4.61. The normalized spacial score (nSPS) is 9.80. The molecule has 0 saturated carbocycles. The topological polar surface area (TPSA) is 56.0 Å². The molecule has 0 spiro atoms. The van der Waals surface area contributed by atoms with E-state index in [2.05, 4.69) is 4.98 Å². The Hall–Kier alpha value is 0.0500. The third-order valence-corrected chi connectivity index (χ3v) is 2.64. The van der Waals surface area contributed by atoms with E-state index in [0.29, 0.717) is 3.01 Å². The summed E-state index contributed by atoms with van der Waals surface area (Å²) in [6.45, 7) is 0. The van der Waals surface area contributed by atoms with Crippen LogP contribution in [0.3, 0.4) is 0 Å². The molecule has 0 bridgehead atoms. The van der Waals surface area contributed by atoms with Crippen molar-refractivity contribution in [3.63, 3.8) is 0 Å². The summed E-state index contributed by atoms with van der Waals surface area (Å²) in [5.41, 5.74) is 0. The molecule has 0 atom stereocenters. The summed E-state index contributed by atoms with van der Waals surface area (Å²) in [7, 11) is 0. The molecule has 1 rings (SSSR count). The fourth-order valence-electron chi connectivity index (χ4n) is 0.382. The zero-order valence-corrected chi connectivity index (χ0v) is 8.11. The predicted molar refractivity (Wildman–Crippen MR) is 46.5 cm³/mol. The molecule has 0 unspecified atom stereocenters. The highest BCUT2D eigenvalue weighted by molar-refractivity contribution is 14.1. The standard InChI is InChI=1S/C3ClIN2O2S/c4-1-2(7(8)9)6-3(5)10-1. The molecular formula is C3ClIN2O2S. The molecule has 0 aliphatic rings. The van der Waals surface area contributed by atoms with Gasteiger partial charge in [-0.25, -0.2) is 0 Å². The summed E-state index contributed by atoms with van der Waals surface area (Å²) in [6, 6.07) is 0. The molecule has 1 aromatic heterocycles. The van der Waals surface area contributed by atoms with Crippen molar-refractivity contribution in [1.29, 1.82) is 0 Å². The lowest BCUT2D eigenvalue weighted by Gasteiger charge is -1.84. The molecule has 0 fully saturated rings. The van der Waals surface area contributed by atoms with Crippen molar-refractivity contribution in [1.82, 2.24) is 4.98 Å². The molecular weight excluding hydrogens is 290 g/mol. The van der Waals surface area contributed by atoms with E-state index in [1.165, 1.54) is 0 Å². The van der Waals surface area contributed by atoms with Gasteiger partial charge in [-0.2, -0.15) is 0 Å². The van der Waals surface area contributed by atoms with Gasteiger partial charge in [0.25, 0.3) is 3.01 Å². The van der Waals surface area contributed by atoms with E-state index in [0.717, 1.165) is 11.3 Å². The number of halogens is 2. The molecule has 1 aromatic rings.